The van der Waals surface area contributed by atoms with Gasteiger partial charge in [0.1, 0.15) is 0 Å². The second-order valence-corrected chi connectivity index (χ2v) is 7.34. The van der Waals surface area contributed by atoms with Crippen LogP contribution in [0.25, 0.3) is 17.0 Å². The van der Waals surface area contributed by atoms with E-state index < -0.39 is 5.91 Å². The molecule has 28 heavy (non-hydrogen) atoms. The lowest BCUT2D eigenvalue weighted by Crippen LogP contribution is -2.35. The molecule has 1 atom stereocenters. The zero-order valence-electron chi connectivity index (χ0n) is 15.7. The van der Waals surface area contributed by atoms with Crippen LogP contribution in [0.4, 0.5) is 0 Å². The predicted octanol–water partition coefficient (Wildman–Crippen LogP) is 3.38. The minimum atomic E-state index is -0.516. The van der Waals surface area contributed by atoms with E-state index in [-0.39, 0.29) is 0 Å². The molecule has 4 rings (SSSR count). The van der Waals surface area contributed by atoms with Crippen molar-refractivity contribution in [2.24, 2.45) is 0 Å². The Balaban J connectivity index is 1.33. The van der Waals surface area contributed by atoms with E-state index in [2.05, 4.69) is 52.9 Å². The Bertz CT molecular complexity index is 1010. The highest BCUT2D eigenvalue weighted by Crippen LogP contribution is 2.24. The Hall–Kier alpha value is -2.89. The third-order valence-electron chi connectivity index (χ3n) is 5.50. The lowest BCUT2D eigenvalue weighted by atomic mass is 9.87. The standard InChI is InChI=1S/C23H25N3O2/c27-23(26-28)10-6-16-5-7-18-14-20(9-8-17(18)13-16)24-12-11-19-15-25-22-4-2-1-3-21(19)22/h1-7,10,13,15,20,24-25,28H,8-9,11-12,14H2,(H,26,27)/b10-6+. The van der Waals surface area contributed by atoms with E-state index in [1.54, 1.807) is 11.6 Å². The maximum absolute atomic E-state index is 11.1. The van der Waals surface area contributed by atoms with Crippen LogP contribution in [-0.2, 0) is 24.1 Å². The highest BCUT2D eigenvalue weighted by atomic mass is 16.5. The summed E-state index contributed by atoms with van der Waals surface area (Å²) in [6.07, 6.45) is 9.37. The summed E-state index contributed by atoms with van der Waals surface area (Å²) < 4.78 is 0. The van der Waals surface area contributed by atoms with E-state index in [0.717, 1.165) is 37.8 Å². The van der Waals surface area contributed by atoms with Gasteiger partial charge in [-0.15, -0.1) is 0 Å². The van der Waals surface area contributed by atoms with Gasteiger partial charge in [0.2, 0.25) is 0 Å². The summed E-state index contributed by atoms with van der Waals surface area (Å²) in [5.41, 5.74) is 7.87. The fourth-order valence-corrected chi connectivity index (χ4v) is 4.01. The number of hydrogen-bond acceptors (Lipinski definition) is 3. The first kappa shape index (κ1) is 18.5. The third-order valence-corrected chi connectivity index (χ3v) is 5.50. The second-order valence-electron chi connectivity index (χ2n) is 7.34. The molecule has 0 spiro atoms. The van der Waals surface area contributed by atoms with Gasteiger partial charge < -0.3 is 10.3 Å². The Morgan fingerprint density at radius 1 is 1.21 bits per heavy atom. The van der Waals surface area contributed by atoms with Gasteiger partial charge in [-0.3, -0.25) is 10.0 Å². The molecule has 4 N–H and O–H groups in total. The average Bonchev–Trinajstić information content (AvgIpc) is 3.15. The molecule has 2 aromatic carbocycles. The highest BCUT2D eigenvalue weighted by Gasteiger charge is 2.18. The maximum atomic E-state index is 11.1. The largest absolute Gasteiger partial charge is 0.361 e. The molecular formula is C23H25N3O2. The topological polar surface area (TPSA) is 77.2 Å². The number of fused-ring (bicyclic) bond motifs is 2. The summed E-state index contributed by atoms with van der Waals surface area (Å²) in [4.78, 5) is 14.5. The third kappa shape index (κ3) is 4.16. The van der Waals surface area contributed by atoms with Crippen LogP contribution in [-0.4, -0.2) is 28.7 Å². The zero-order chi connectivity index (χ0) is 19.3. The average molecular weight is 375 g/mol. The molecule has 1 aromatic heterocycles. The lowest BCUT2D eigenvalue weighted by Gasteiger charge is -2.26. The molecule has 5 nitrogen and oxygen atoms in total. The minimum absolute atomic E-state index is 0.499. The molecule has 1 unspecified atom stereocenters. The van der Waals surface area contributed by atoms with Crippen molar-refractivity contribution < 1.29 is 10.0 Å². The van der Waals surface area contributed by atoms with Crippen LogP contribution in [0.2, 0.25) is 0 Å². The number of aromatic nitrogens is 1. The number of hydroxylamine groups is 1. The number of nitrogens with one attached hydrogen (secondary N) is 3. The smallest absolute Gasteiger partial charge is 0.267 e. The number of H-pyrrole nitrogens is 1. The highest BCUT2D eigenvalue weighted by molar-refractivity contribution is 5.90. The number of aromatic amines is 1. The molecule has 0 fully saturated rings. The van der Waals surface area contributed by atoms with E-state index in [4.69, 9.17) is 5.21 Å². The van der Waals surface area contributed by atoms with Crippen LogP contribution in [0.3, 0.4) is 0 Å². The number of amides is 1. The summed E-state index contributed by atoms with van der Waals surface area (Å²) in [6.45, 7) is 0.971. The Labute approximate surface area is 164 Å². The first-order chi connectivity index (χ1) is 13.7. The molecule has 0 bridgehead atoms. The lowest BCUT2D eigenvalue weighted by molar-refractivity contribution is -0.124. The molecule has 0 aliphatic heterocycles. The fraction of sp³-hybridized carbons (Fsp3) is 0.261. The number of carbonyl (C=O) groups excluding carboxylic acids is 1. The molecule has 144 valence electrons. The van der Waals surface area contributed by atoms with Crippen LogP contribution >= 0.6 is 0 Å². The zero-order valence-corrected chi connectivity index (χ0v) is 15.7. The number of benzene rings is 2. The van der Waals surface area contributed by atoms with Gasteiger partial charge in [0.25, 0.3) is 5.91 Å². The van der Waals surface area contributed by atoms with Gasteiger partial charge >= 0.3 is 0 Å². The number of rotatable bonds is 6. The fourth-order valence-electron chi connectivity index (χ4n) is 4.01. The molecule has 0 saturated carbocycles. The van der Waals surface area contributed by atoms with Crippen LogP contribution in [0, 0.1) is 0 Å². The number of para-hydroxylation sites is 1. The monoisotopic (exact) mass is 375 g/mol. The van der Waals surface area contributed by atoms with Crippen molar-refractivity contribution in [3.8, 4) is 0 Å². The Kier molecular flexibility index (Phi) is 5.55. The molecule has 1 aliphatic rings. The quantitative estimate of drug-likeness (QED) is 0.303. The van der Waals surface area contributed by atoms with Crippen molar-refractivity contribution in [3.05, 3.63) is 77.0 Å². The van der Waals surface area contributed by atoms with Crippen LogP contribution in [0.15, 0.2) is 54.7 Å². The predicted molar refractivity (Wildman–Crippen MR) is 111 cm³/mol. The van der Waals surface area contributed by atoms with Gasteiger partial charge in [-0.05, 0) is 66.6 Å². The van der Waals surface area contributed by atoms with Gasteiger partial charge in [-0.25, -0.2) is 5.48 Å². The van der Waals surface area contributed by atoms with Gasteiger partial charge in [-0.1, -0.05) is 36.4 Å². The van der Waals surface area contributed by atoms with Crippen molar-refractivity contribution in [3.63, 3.8) is 0 Å². The Morgan fingerprint density at radius 2 is 2.11 bits per heavy atom. The normalized spacial score (nSPS) is 16.4. The molecule has 1 heterocycles. The van der Waals surface area contributed by atoms with E-state index in [0.29, 0.717) is 6.04 Å². The summed E-state index contributed by atoms with van der Waals surface area (Å²) in [5.74, 6) is -0.516. The second kappa shape index (κ2) is 8.42. The van der Waals surface area contributed by atoms with E-state index >= 15 is 0 Å². The molecule has 5 heteroatoms. The summed E-state index contributed by atoms with van der Waals surface area (Å²) in [5, 5.41) is 13.6. The van der Waals surface area contributed by atoms with Crippen molar-refractivity contribution in [1.82, 2.24) is 15.8 Å². The van der Waals surface area contributed by atoms with E-state index in [1.807, 2.05) is 6.07 Å². The first-order valence-electron chi connectivity index (χ1n) is 9.75. The van der Waals surface area contributed by atoms with Gasteiger partial charge in [0, 0.05) is 29.2 Å². The molecule has 0 radical (unpaired) electrons. The molecule has 1 amide bonds. The molecule has 1 aliphatic carbocycles. The number of hydrogen-bond donors (Lipinski definition) is 4. The summed E-state index contributed by atoms with van der Waals surface area (Å²) in [7, 11) is 0. The van der Waals surface area contributed by atoms with Crippen molar-refractivity contribution in [1.29, 1.82) is 0 Å². The van der Waals surface area contributed by atoms with Gasteiger partial charge in [0.15, 0.2) is 0 Å². The van der Waals surface area contributed by atoms with Crippen LogP contribution in [0.5, 0.6) is 0 Å². The van der Waals surface area contributed by atoms with Crippen LogP contribution < -0.4 is 10.8 Å². The molecule has 0 saturated heterocycles. The number of carbonyl (C=O) groups is 1. The summed E-state index contributed by atoms with van der Waals surface area (Å²) >= 11 is 0. The van der Waals surface area contributed by atoms with E-state index in [9.17, 15) is 4.79 Å². The Morgan fingerprint density at radius 3 is 3.00 bits per heavy atom. The molecular weight excluding hydrogens is 350 g/mol. The van der Waals surface area contributed by atoms with Crippen molar-refractivity contribution in [2.75, 3.05) is 6.54 Å². The van der Waals surface area contributed by atoms with E-state index in [1.165, 1.54) is 33.7 Å². The minimum Gasteiger partial charge on any atom is -0.361 e. The number of aryl methyl sites for hydroxylation is 1. The van der Waals surface area contributed by atoms with Gasteiger partial charge in [0.05, 0.1) is 0 Å². The van der Waals surface area contributed by atoms with Crippen LogP contribution in [0.1, 0.15) is 28.7 Å². The summed E-state index contributed by atoms with van der Waals surface area (Å²) in [6, 6.07) is 15.2. The van der Waals surface area contributed by atoms with Crippen molar-refractivity contribution >= 4 is 22.9 Å². The van der Waals surface area contributed by atoms with Gasteiger partial charge in [-0.2, -0.15) is 0 Å². The maximum Gasteiger partial charge on any atom is 0.267 e. The molecule has 3 aromatic rings. The first-order valence-corrected chi connectivity index (χ1v) is 9.75. The van der Waals surface area contributed by atoms with Crippen molar-refractivity contribution in [2.45, 2.75) is 31.7 Å². The SMILES string of the molecule is O=C(/C=C/c1ccc2c(c1)CCC(NCCc1c[nH]c3ccccc13)C2)NO.